The number of likely N-dealkylation sites (tertiary alicyclic amines) is 1. The number of carbonyl (C=O) groups excluding carboxylic acids is 2. The maximum Gasteiger partial charge on any atom is 0.312 e. The van der Waals surface area contributed by atoms with Gasteiger partial charge < -0.3 is 21.1 Å². The smallest absolute Gasteiger partial charge is 0.312 e. The lowest BCUT2D eigenvalue weighted by atomic mass is 9.99. The summed E-state index contributed by atoms with van der Waals surface area (Å²) in [4.78, 5) is 35.7. The van der Waals surface area contributed by atoms with E-state index >= 15 is 0 Å². The topological polar surface area (TPSA) is 113 Å². The molecule has 3 atom stereocenters. The van der Waals surface area contributed by atoms with Crippen molar-refractivity contribution in [3.05, 3.63) is 0 Å². The molecule has 3 amide bonds. The predicted octanol–water partition coefficient (Wildman–Crippen LogP) is -0.142. The number of urea groups is 1. The molecule has 1 heterocycles. The lowest BCUT2D eigenvalue weighted by Crippen LogP contribution is -2.52. The number of nitrogens with two attached hydrogens (primary N) is 1. The fourth-order valence-electron chi connectivity index (χ4n) is 2.33. The molecule has 0 aromatic rings. The molecule has 0 aromatic carbocycles. The molecule has 3 unspecified atom stereocenters. The van der Waals surface area contributed by atoms with E-state index in [4.69, 9.17) is 10.8 Å². The second-order valence-corrected chi connectivity index (χ2v) is 5.40. The van der Waals surface area contributed by atoms with Gasteiger partial charge in [-0.05, 0) is 11.8 Å². The van der Waals surface area contributed by atoms with E-state index in [0.29, 0.717) is 6.54 Å². The molecule has 19 heavy (non-hydrogen) atoms. The molecule has 1 fully saturated rings. The van der Waals surface area contributed by atoms with Crippen LogP contribution in [-0.2, 0) is 9.59 Å². The molecule has 0 radical (unpaired) electrons. The van der Waals surface area contributed by atoms with Crippen molar-refractivity contribution in [1.29, 1.82) is 0 Å². The number of amides is 3. The number of primary amides is 1. The zero-order valence-electron chi connectivity index (χ0n) is 11.4. The normalized spacial score (nSPS) is 24.3. The first-order chi connectivity index (χ1) is 8.73. The number of hydrogen-bond acceptors (Lipinski definition) is 3. The Bertz CT molecular complexity index is 383. The summed E-state index contributed by atoms with van der Waals surface area (Å²) in [5.41, 5.74) is 5.06. The van der Waals surface area contributed by atoms with E-state index in [0.717, 1.165) is 0 Å². The van der Waals surface area contributed by atoms with Gasteiger partial charge in [0.25, 0.3) is 0 Å². The van der Waals surface area contributed by atoms with Gasteiger partial charge >= 0.3 is 12.0 Å². The minimum absolute atomic E-state index is 0.0946. The Kier molecular flexibility index (Phi) is 4.74. The van der Waals surface area contributed by atoms with Crippen molar-refractivity contribution in [2.75, 3.05) is 13.1 Å². The highest BCUT2D eigenvalue weighted by atomic mass is 16.4. The highest BCUT2D eigenvalue weighted by Crippen LogP contribution is 2.24. The molecule has 7 nitrogen and oxygen atoms in total. The van der Waals surface area contributed by atoms with Crippen molar-refractivity contribution in [1.82, 2.24) is 10.2 Å². The van der Waals surface area contributed by atoms with Gasteiger partial charge in [0.1, 0.15) is 6.04 Å². The van der Waals surface area contributed by atoms with E-state index in [1.807, 2.05) is 0 Å². The Hall–Kier alpha value is -1.79. The van der Waals surface area contributed by atoms with Crippen LogP contribution in [0.2, 0.25) is 0 Å². The van der Waals surface area contributed by atoms with Crippen LogP contribution in [0.4, 0.5) is 4.79 Å². The molecule has 7 heteroatoms. The molecular formula is C12H21N3O4. The maximum atomic E-state index is 12.3. The van der Waals surface area contributed by atoms with Crippen molar-refractivity contribution in [2.24, 2.45) is 23.5 Å². The zero-order valence-corrected chi connectivity index (χ0v) is 11.4. The van der Waals surface area contributed by atoms with E-state index < -0.39 is 24.0 Å². The fraction of sp³-hybridized carbons (Fsp3) is 0.750. The molecule has 4 N–H and O–H groups in total. The average Bonchev–Trinajstić information content (AvgIpc) is 2.66. The van der Waals surface area contributed by atoms with Gasteiger partial charge in [-0.1, -0.05) is 20.8 Å². The lowest BCUT2D eigenvalue weighted by molar-refractivity contribution is -0.142. The maximum absolute atomic E-state index is 12.3. The molecule has 1 rings (SSSR count). The van der Waals surface area contributed by atoms with Crippen molar-refractivity contribution in [2.45, 2.75) is 26.8 Å². The molecule has 108 valence electrons. The quantitative estimate of drug-likeness (QED) is 0.660. The van der Waals surface area contributed by atoms with Crippen LogP contribution >= 0.6 is 0 Å². The summed E-state index contributed by atoms with van der Waals surface area (Å²) in [6, 6.07) is -1.47. The number of hydrogen-bond donors (Lipinski definition) is 3. The van der Waals surface area contributed by atoms with Gasteiger partial charge in [0.05, 0.1) is 5.92 Å². The van der Waals surface area contributed by atoms with E-state index in [9.17, 15) is 14.4 Å². The minimum atomic E-state index is -0.897. The van der Waals surface area contributed by atoms with Crippen LogP contribution in [0.5, 0.6) is 0 Å². The van der Waals surface area contributed by atoms with Crippen LogP contribution in [-0.4, -0.2) is 47.0 Å². The van der Waals surface area contributed by atoms with Crippen LogP contribution in [0.3, 0.4) is 0 Å². The number of nitrogens with zero attached hydrogens (tertiary/aromatic N) is 1. The Balaban J connectivity index is 2.76. The van der Waals surface area contributed by atoms with E-state index in [1.54, 1.807) is 20.8 Å². The van der Waals surface area contributed by atoms with Crippen molar-refractivity contribution < 1.29 is 19.5 Å². The Morgan fingerprint density at radius 2 is 1.89 bits per heavy atom. The highest BCUT2D eigenvalue weighted by molar-refractivity contribution is 5.87. The van der Waals surface area contributed by atoms with Crippen LogP contribution in [0, 0.1) is 17.8 Å². The second-order valence-electron chi connectivity index (χ2n) is 5.40. The van der Waals surface area contributed by atoms with Crippen molar-refractivity contribution in [3.63, 3.8) is 0 Å². The molecule has 1 saturated heterocycles. The predicted molar refractivity (Wildman–Crippen MR) is 68.2 cm³/mol. The number of nitrogens with one attached hydrogen (secondary N) is 1. The largest absolute Gasteiger partial charge is 0.481 e. The average molecular weight is 271 g/mol. The number of carbonyl (C=O) groups is 3. The van der Waals surface area contributed by atoms with Gasteiger partial charge in [-0.2, -0.15) is 0 Å². The molecule has 1 aliphatic heterocycles. The Labute approximate surface area is 112 Å². The summed E-state index contributed by atoms with van der Waals surface area (Å²) in [5, 5.41) is 11.5. The summed E-state index contributed by atoms with van der Waals surface area (Å²) in [7, 11) is 0. The van der Waals surface area contributed by atoms with Gasteiger partial charge in [-0.15, -0.1) is 0 Å². The van der Waals surface area contributed by atoms with Gasteiger partial charge in [-0.3, -0.25) is 9.59 Å². The van der Waals surface area contributed by atoms with Gasteiger partial charge in [0.15, 0.2) is 0 Å². The van der Waals surface area contributed by atoms with Gasteiger partial charge in [0, 0.05) is 13.1 Å². The molecule has 0 saturated carbocycles. The summed E-state index contributed by atoms with van der Waals surface area (Å²) in [5.74, 6) is -1.93. The van der Waals surface area contributed by atoms with Crippen LogP contribution in [0.15, 0.2) is 0 Å². The van der Waals surface area contributed by atoms with Crippen LogP contribution in [0.1, 0.15) is 20.8 Å². The third-order valence-corrected chi connectivity index (χ3v) is 3.47. The van der Waals surface area contributed by atoms with Gasteiger partial charge in [-0.25, -0.2) is 4.79 Å². The number of aliphatic carboxylic acids is 1. The van der Waals surface area contributed by atoms with E-state index in [1.165, 1.54) is 4.90 Å². The summed E-state index contributed by atoms with van der Waals surface area (Å²) in [6.45, 7) is 5.97. The van der Waals surface area contributed by atoms with Crippen molar-refractivity contribution >= 4 is 17.9 Å². The summed E-state index contributed by atoms with van der Waals surface area (Å²) >= 11 is 0. The van der Waals surface area contributed by atoms with E-state index in [-0.39, 0.29) is 24.3 Å². The second kappa shape index (κ2) is 5.90. The number of carboxylic acid groups (broad SMARTS) is 1. The third kappa shape index (κ3) is 3.59. The summed E-state index contributed by atoms with van der Waals surface area (Å²) < 4.78 is 0. The monoisotopic (exact) mass is 271 g/mol. The molecule has 0 spiro atoms. The third-order valence-electron chi connectivity index (χ3n) is 3.47. The molecule has 0 aliphatic carbocycles. The molecular weight excluding hydrogens is 250 g/mol. The zero-order chi connectivity index (χ0) is 14.7. The molecule has 0 bridgehead atoms. The van der Waals surface area contributed by atoms with E-state index in [2.05, 4.69) is 5.32 Å². The fourth-order valence-corrected chi connectivity index (χ4v) is 2.33. The number of rotatable bonds is 4. The SMILES string of the molecule is CC(C)C(NC(N)=O)C(=O)N1CC(C)C(C(=O)O)C1. The van der Waals surface area contributed by atoms with Crippen molar-refractivity contribution in [3.8, 4) is 0 Å². The van der Waals surface area contributed by atoms with Gasteiger partial charge in [0.2, 0.25) is 5.91 Å². The Morgan fingerprint density at radius 1 is 1.32 bits per heavy atom. The highest BCUT2D eigenvalue weighted by Gasteiger charge is 2.39. The standard InChI is InChI=1S/C12H21N3O4/c1-6(2)9(14-12(13)19)10(16)15-4-7(3)8(5-15)11(17)18/h6-9H,4-5H2,1-3H3,(H,17,18)(H3,13,14,19). The number of carboxylic acids is 1. The first-order valence-electron chi connectivity index (χ1n) is 6.31. The lowest BCUT2D eigenvalue weighted by Gasteiger charge is -2.26. The summed E-state index contributed by atoms with van der Waals surface area (Å²) in [6.07, 6.45) is 0. The van der Waals surface area contributed by atoms with Crippen LogP contribution < -0.4 is 11.1 Å². The first kappa shape index (κ1) is 15.3. The molecule has 1 aliphatic rings. The molecule has 0 aromatic heterocycles. The van der Waals surface area contributed by atoms with Crippen LogP contribution in [0.25, 0.3) is 0 Å². The minimum Gasteiger partial charge on any atom is -0.481 e. The Morgan fingerprint density at radius 3 is 2.26 bits per heavy atom. The first-order valence-corrected chi connectivity index (χ1v) is 6.31.